The minimum atomic E-state index is -3.92. The molecule has 2 saturated carbocycles. The number of fused-ring (bicyclic) bond motifs is 3. The molecule has 1 saturated heterocycles. The number of rotatable bonds is 7. The third-order valence-corrected chi connectivity index (χ3v) is 13.5. The van der Waals surface area contributed by atoms with E-state index in [2.05, 4.69) is 20.3 Å². The van der Waals surface area contributed by atoms with Crippen molar-refractivity contribution in [3.63, 3.8) is 0 Å². The first-order valence-corrected chi connectivity index (χ1v) is 19.5. The molecule has 0 unspecified atom stereocenters. The normalized spacial score (nSPS) is 29.1. The van der Waals surface area contributed by atoms with Gasteiger partial charge in [0.2, 0.25) is 21.8 Å². The highest BCUT2D eigenvalue weighted by Crippen LogP contribution is 2.47. The van der Waals surface area contributed by atoms with Crippen LogP contribution in [0.25, 0.3) is 10.2 Å². The van der Waals surface area contributed by atoms with E-state index in [0.29, 0.717) is 24.5 Å². The van der Waals surface area contributed by atoms with Crippen LogP contribution in [0.5, 0.6) is 5.19 Å². The van der Waals surface area contributed by atoms with E-state index in [1.54, 1.807) is 11.8 Å². The van der Waals surface area contributed by atoms with E-state index in [1.807, 2.05) is 67.6 Å². The van der Waals surface area contributed by atoms with Gasteiger partial charge in [0.1, 0.15) is 23.7 Å². The Morgan fingerprint density at radius 3 is 2.67 bits per heavy atom. The van der Waals surface area contributed by atoms with Crippen molar-refractivity contribution in [2.75, 3.05) is 11.9 Å². The Hall–Kier alpha value is -3.97. The largest absolute Gasteiger partial charge is 0.465 e. The van der Waals surface area contributed by atoms with Gasteiger partial charge in [-0.15, -0.1) is 0 Å². The summed E-state index contributed by atoms with van der Waals surface area (Å²) in [5.74, 6) is -1.82. The fourth-order valence-electron chi connectivity index (χ4n) is 6.89. The first-order valence-electron chi connectivity index (χ1n) is 17.2. The highest BCUT2D eigenvalue weighted by molar-refractivity contribution is 7.91. The predicted octanol–water partition coefficient (Wildman–Crippen LogP) is 4.83. The van der Waals surface area contributed by atoms with E-state index in [1.165, 1.54) is 11.3 Å². The summed E-state index contributed by atoms with van der Waals surface area (Å²) in [6.07, 6.45) is 8.81. The number of aromatic nitrogens is 1. The van der Waals surface area contributed by atoms with Crippen LogP contribution in [-0.4, -0.2) is 71.0 Å². The number of hydrogen-bond acceptors (Lipinski definition) is 9. The lowest BCUT2D eigenvalue weighted by atomic mass is 10.0. The number of ether oxygens (including phenoxy) is 1. The van der Waals surface area contributed by atoms with E-state index < -0.39 is 50.3 Å². The van der Waals surface area contributed by atoms with Crippen LogP contribution >= 0.6 is 11.3 Å². The molecule has 4 aliphatic rings. The summed E-state index contributed by atoms with van der Waals surface area (Å²) in [6.45, 7) is 3.79. The van der Waals surface area contributed by atoms with Gasteiger partial charge < -0.3 is 20.3 Å². The van der Waals surface area contributed by atoms with Crippen molar-refractivity contribution in [2.24, 2.45) is 5.92 Å². The van der Waals surface area contributed by atoms with Crippen molar-refractivity contribution in [3.05, 3.63) is 66.2 Å². The SMILES string of the molecule is Cc1ccc2nc(O[C@@H]3C[C@H]4C(=O)N[C@]5(C(=O)NS(=O)(=O)C6(C)CC6)C[C@@H]5/C=C\CCCCC[C@H](Nc5ccccc5)C(=O)N4C3)sc2c1. The van der Waals surface area contributed by atoms with E-state index in [9.17, 15) is 22.8 Å². The molecule has 3 amide bonds. The minimum Gasteiger partial charge on any atom is -0.465 e. The van der Waals surface area contributed by atoms with Crippen LogP contribution in [-0.2, 0) is 24.4 Å². The molecule has 260 valence electrons. The van der Waals surface area contributed by atoms with Crippen LogP contribution in [0.3, 0.4) is 0 Å². The Morgan fingerprint density at radius 2 is 1.90 bits per heavy atom. The molecule has 3 heterocycles. The summed E-state index contributed by atoms with van der Waals surface area (Å²) in [7, 11) is -3.92. The van der Waals surface area contributed by atoms with E-state index in [-0.39, 0.29) is 31.2 Å². The van der Waals surface area contributed by atoms with Gasteiger partial charge in [0.05, 0.1) is 21.5 Å². The summed E-state index contributed by atoms with van der Waals surface area (Å²) in [4.78, 5) is 48.7. The Balaban J connectivity index is 1.18. The smallest absolute Gasteiger partial charge is 0.274 e. The van der Waals surface area contributed by atoms with Crippen molar-refractivity contribution < 1.29 is 27.5 Å². The molecule has 2 aliphatic carbocycles. The lowest BCUT2D eigenvalue weighted by Gasteiger charge is -2.30. The zero-order valence-corrected chi connectivity index (χ0v) is 29.4. The van der Waals surface area contributed by atoms with Gasteiger partial charge in [-0.1, -0.05) is 60.6 Å². The summed E-state index contributed by atoms with van der Waals surface area (Å²) in [6, 6.07) is 14.0. The highest BCUT2D eigenvalue weighted by Gasteiger charge is 2.63. The Morgan fingerprint density at radius 1 is 1.10 bits per heavy atom. The highest BCUT2D eigenvalue weighted by atomic mass is 32.2. The molecule has 2 aromatic carbocycles. The third kappa shape index (κ3) is 6.92. The molecule has 7 rings (SSSR count). The molecule has 49 heavy (non-hydrogen) atoms. The number of carbonyl (C=O) groups excluding carboxylic acids is 3. The zero-order valence-electron chi connectivity index (χ0n) is 27.8. The predicted molar refractivity (Wildman–Crippen MR) is 189 cm³/mol. The standard InChI is InChI=1S/C36H43N5O6S2/c1-23-15-16-27-30(19-23)48-34(38-27)47-26-20-29-31(42)39-36(33(44)40-49(45,46)35(2)17-18-35)21-24(36)11-7-4-3-5-10-14-28(32(43)41(29)22-26)37-25-12-8-6-9-13-25/h6-9,11-13,15-16,19,24,26,28-29,37H,3-5,10,14,17-18,20-22H2,1-2H3,(H,39,42)(H,40,44)/b11-7-/t24-,26+,28-,29-,36+/m0/s1. The Bertz CT molecular complexity index is 1890. The van der Waals surface area contributed by atoms with Gasteiger partial charge in [-0.2, -0.15) is 0 Å². The summed E-state index contributed by atoms with van der Waals surface area (Å²) < 4.78 is 34.8. The molecule has 0 bridgehead atoms. The van der Waals surface area contributed by atoms with Crippen molar-refractivity contribution >= 4 is 55.0 Å². The Kier molecular flexibility index (Phi) is 8.93. The van der Waals surface area contributed by atoms with Crippen molar-refractivity contribution in [1.82, 2.24) is 19.9 Å². The molecule has 1 aromatic heterocycles. The second-order valence-electron chi connectivity index (χ2n) is 14.2. The molecule has 3 N–H and O–H groups in total. The van der Waals surface area contributed by atoms with Gasteiger partial charge in [0.25, 0.3) is 11.1 Å². The maximum atomic E-state index is 14.4. The maximum absolute atomic E-state index is 14.4. The van der Waals surface area contributed by atoms with Gasteiger partial charge in [-0.25, -0.2) is 13.4 Å². The molecule has 0 radical (unpaired) electrons. The van der Waals surface area contributed by atoms with Gasteiger partial charge in [-0.3, -0.25) is 19.1 Å². The molecule has 13 heteroatoms. The quantitative estimate of drug-likeness (QED) is 0.297. The summed E-state index contributed by atoms with van der Waals surface area (Å²) in [5.41, 5.74) is 1.31. The molecular weight excluding hydrogens is 663 g/mol. The van der Waals surface area contributed by atoms with Crippen LogP contribution in [0.2, 0.25) is 0 Å². The fraction of sp³-hybridized carbons (Fsp3) is 0.500. The second-order valence-corrected chi connectivity index (χ2v) is 17.4. The molecular formula is C36H43N5O6S2. The van der Waals surface area contributed by atoms with Gasteiger partial charge in [0, 0.05) is 18.0 Å². The topological polar surface area (TPSA) is 147 Å². The van der Waals surface area contributed by atoms with Crippen LogP contribution in [0, 0.1) is 12.8 Å². The number of para-hydroxylation sites is 1. The number of sulfonamides is 1. The van der Waals surface area contributed by atoms with E-state index in [4.69, 9.17) is 4.74 Å². The van der Waals surface area contributed by atoms with Crippen LogP contribution in [0.4, 0.5) is 5.69 Å². The molecule has 3 aromatic rings. The van der Waals surface area contributed by atoms with Crippen molar-refractivity contribution in [3.8, 4) is 5.19 Å². The number of anilines is 1. The number of allylic oxidation sites excluding steroid dienone is 1. The molecule has 3 fully saturated rings. The number of thiazole rings is 1. The van der Waals surface area contributed by atoms with Crippen molar-refractivity contribution in [1.29, 1.82) is 0 Å². The van der Waals surface area contributed by atoms with Crippen LogP contribution in [0.1, 0.15) is 70.3 Å². The number of nitrogens with zero attached hydrogens (tertiary/aromatic N) is 2. The first kappa shape index (κ1) is 33.5. The number of benzene rings is 2. The second kappa shape index (κ2) is 13.1. The third-order valence-electron chi connectivity index (χ3n) is 10.4. The molecule has 11 nitrogen and oxygen atoms in total. The van der Waals surface area contributed by atoms with Crippen LogP contribution in [0.15, 0.2) is 60.7 Å². The zero-order chi connectivity index (χ0) is 34.4. The van der Waals surface area contributed by atoms with Gasteiger partial charge in [-0.05, 0) is 82.2 Å². The average Bonchev–Trinajstić information content (AvgIpc) is 3.88. The van der Waals surface area contributed by atoms with Crippen LogP contribution < -0.4 is 20.1 Å². The monoisotopic (exact) mass is 705 g/mol. The van der Waals surface area contributed by atoms with Gasteiger partial charge >= 0.3 is 0 Å². The average molecular weight is 706 g/mol. The lowest BCUT2D eigenvalue weighted by Crippen LogP contribution is -2.58. The molecule has 0 spiro atoms. The fourth-order valence-corrected chi connectivity index (χ4v) is 9.18. The number of nitrogens with one attached hydrogen (secondary N) is 3. The van der Waals surface area contributed by atoms with E-state index in [0.717, 1.165) is 47.2 Å². The Labute approximate surface area is 290 Å². The lowest BCUT2D eigenvalue weighted by molar-refractivity contribution is -0.140. The van der Waals surface area contributed by atoms with E-state index >= 15 is 0 Å². The first-order chi connectivity index (χ1) is 23.5. The number of aryl methyl sites for hydroxylation is 1. The summed E-state index contributed by atoms with van der Waals surface area (Å²) >= 11 is 1.42. The molecule has 2 aliphatic heterocycles. The number of amides is 3. The summed E-state index contributed by atoms with van der Waals surface area (Å²) in [5, 5.41) is 6.82. The number of hydrogen-bond donors (Lipinski definition) is 3. The maximum Gasteiger partial charge on any atom is 0.274 e. The van der Waals surface area contributed by atoms with Gasteiger partial charge in [0.15, 0.2) is 0 Å². The minimum absolute atomic E-state index is 0.161. The molecule has 5 atom stereocenters. The van der Waals surface area contributed by atoms with Crippen molar-refractivity contribution in [2.45, 2.75) is 100 Å². The number of carbonyl (C=O) groups is 3.